The molecule has 31 heavy (non-hydrogen) atoms. The largest absolute Gasteiger partial charge is 0.478 e. The molecular weight excluding hydrogens is 436 g/mol. The van der Waals surface area contributed by atoms with E-state index in [1.807, 2.05) is 32.0 Å². The van der Waals surface area contributed by atoms with Crippen molar-refractivity contribution in [2.24, 2.45) is 4.99 Å². The van der Waals surface area contributed by atoms with Crippen LogP contribution in [0.3, 0.4) is 0 Å². The predicted octanol–water partition coefficient (Wildman–Crippen LogP) is 5.81. The van der Waals surface area contributed by atoms with Crippen molar-refractivity contribution in [3.05, 3.63) is 80.9 Å². The Kier molecular flexibility index (Phi) is 5.71. The Bertz CT molecular complexity index is 1280. The first-order chi connectivity index (χ1) is 14.8. The summed E-state index contributed by atoms with van der Waals surface area (Å²) in [5, 5.41) is 12.5. The first-order valence-electron chi connectivity index (χ1n) is 9.30. The van der Waals surface area contributed by atoms with Crippen molar-refractivity contribution in [3.63, 3.8) is 0 Å². The van der Waals surface area contributed by atoms with Gasteiger partial charge in [-0.25, -0.2) is 9.79 Å². The Labute approximate surface area is 187 Å². The van der Waals surface area contributed by atoms with Crippen LogP contribution in [0.25, 0.3) is 17.4 Å². The average Bonchev–Trinajstić information content (AvgIpc) is 3.31. The van der Waals surface area contributed by atoms with Gasteiger partial charge in [0.05, 0.1) is 21.2 Å². The number of rotatable bonds is 4. The second-order valence-corrected chi connectivity index (χ2v) is 8.41. The maximum Gasteiger partial charge on any atom is 0.337 e. The molecule has 0 radical (unpaired) electrons. The van der Waals surface area contributed by atoms with E-state index in [9.17, 15) is 9.59 Å². The molecule has 156 valence electrons. The number of nitrogens with one attached hydrogen (secondary N) is 1. The first kappa shape index (κ1) is 21.0. The van der Waals surface area contributed by atoms with E-state index >= 15 is 0 Å². The number of nitrogens with zero attached hydrogens (tertiary/aromatic N) is 1. The number of hydrogen-bond acceptors (Lipinski definition) is 5. The van der Waals surface area contributed by atoms with E-state index in [0.717, 1.165) is 16.8 Å². The van der Waals surface area contributed by atoms with Crippen LogP contribution in [-0.4, -0.2) is 22.2 Å². The van der Waals surface area contributed by atoms with Crippen molar-refractivity contribution in [3.8, 4) is 11.3 Å². The van der Waals surface area contributed by atoms with Crippen molar-refractivity contribution in [1.29, 1.82) is 0 Å². The van der Waals surface area contributed by atoms with Crippen LogP contribution >= 0.6 is 23.4 Å². The molecule has 1 amide bonds. The maximum atomic E-state index is 12.3. The van der Waals surface area contributed by atoms with Gasteiger partial charge in [0.25, 0.3) is 5.91 Å². The summed E-state index contributed by atoms with van der Waals surface area (Å²) in [5.74, 6) is -0.346. The molecule has 3 aromatic rings. The topological polar surface area (TPSA) is 91.9 Å². The quantitative estimate of drug-likeness (QED) is 0.487. The molecule has 2 N–H and O–H groups in total. The van der Waals surface area contributed by atoms with Gasteiger partial charge in [-0.1, -0.05) is 35.4 Å². The van der Waals surface area contributed by atoms with Gasteiger partial charge in [0.15, 0.2) is 5.17 Å². The van der Waals surface area contributed by atoms with E-state index < -0.39 is 5.97 Å². The third-order valence-corrected chi connectivity index (χ3v) is 5.83. The highest BCUT2D eigenvalue weighted by atomic mass is 35.5. The highest BCUT2D eigenvalue weighted by Crippen LogP contribution is 2.32. The number of aliphatic imine (C=N–C) groups is 1. The molecule has 4 rings (SSSR count). The molecule has 0 spiro atoms. The van der Waals surface area contributed by atoms with Gasteiger partial charge in [-0.05, 0) is 61.5 Å². The number of halogens is 1. The van der Waals surface area contributed by atoms with Gasteiger partial charge in [-0.2, -0.15) is 0 Å². The lowest BCUT2D eigenvalue weighted by Crippen LogP contribution is -2.19. The van der Waals surface area contributed by atoms with Crippen LogP contribution in [0.5, 0.6) is 0 Å². The normalized spacial score (nSPS) is 16.2. The summed E-state index contributed by atoms with van der Waals surface area (Å²) in [6.45, 7) is 3.99. The number of benzene rings is 2. The highest BCUT2D eigenvalue weighted by Gasteiger charge is 2.24. The highest BCUT2D eigenvalue weighted by molar-refractivity contribution is 8.18. The molecule has 1 saturated heterocycles. The van der Waals surface area contributed by atoms with Crippen molar-refractivity contribution in [1.82, 2.24) is 5.32 Å². The number of carbonyl (C=O) groups is 2. The molecule has 1 aromatic heterocycles. The van der Waals surface area contributed by atoms with Gasteiger partial charge in [-0.3, -0.25) is 4.79 Å². The van der Waals surface area contributed by atoms with Gasteiger partial charge in [0, 0.05) is 11.6 Å². The number of carbonyl (C=O) groups excluding carboxylic acids is 1. The Morgan fingerprint density at radius 3 is 2.68 bits per heavy atom. The van der Waals surface area contributed by atoms with Crippen molar-refractivity contribution in [2.45, 2.75) is 13.8 Å². The standard InChI is InChI=1S/C23H17ClN2O4S/c1-12-3-7-18(13(2)9-12)25-23-26-21(27)20(31-23)11-15-5-8-19(30-15)14-4-6-16(22(28)29)17(24)10-14/h3-11H,1-2H3,(H,28,29)(H,25,26,27)/b20-11-. The molecule has 2 heterocycles. The number of amides is 1. The molecule has 0 atom stereocenters. The molecule has 1 fully saturated rings. The molecule has 0 unspecified atom stereocenters. The van der Waals surface area contributed by atoms with Crippen LogP contribution < -0.4 is 5.32 Å². The number of aromatic carboxylic acids is 1. The van der Waals surface area contributed by atoms with Crippen LogP contribution in [0.15, 0.2) is 62.8 Å². The molecule has 0 aliphatic carbocycles. The summed E-state index contributed by atoms with van der Waals surface area (Å²) in [6, 6.07) is 14.0. The van der Waals surface area contributed by atoms with Gasteiger partial charge >= 0.3 is 5.97 Å². The zero-order chi connectivity index (χ0) is 22.1. The third kappa shape index (κ3) is 4.57. The zero-order valence-electron chi connectivity index (χ0n) is 16.6. The molecule has 0 saturated carbocycles. The minimum atomic E-state index is -1.09. The van der Waals surface area contributed by atoms with Crippen LogP contribution in [-0.2, 0) is 4.79 Å². The number of carboxylic acids is 1. The molecule has 8 heteroatoms. The summed E-state index contributed by atoms with van der Waals surface area (Å²) in [7, 11) is 0. The SMILES string of the molecule is Cc1ccc(N=C2NC(=O)/C(=C/c3ccc(-c4ccc(C(=O)O)c(Cl)c4)o3)S2)c(C)c1. The number of furan rings is 1. The zero-order valence-corrected chi connectivity index (χ0v) is 18.2. The van der Waals surface area contributed by atoms with E-state index in [1.54, 1.807) is 24.3 Å². The van der Waals surface area contributed by atoms with E-state index in [0.29, 0.717) is 27.2 Å². The summed E-state index contributed by atoms with van der Waals surface area (Å²) >= 11 is 7.27. The summed E-state index contributed by atoms with van der Waals surface area (Å²) < 4.78 is 5.81. The van der Waals surface area contributed by atoms with Crippen molar-refractivity contribution in [2.75, 3.05) is 0 Å². The number of amidine groups is 1. The Hall–Kier alpha value is -3.29. The van der Waals surface area contributed by atoms with Crippen LogP contribution in [0.4, 0.5) is 5.69 Å². The lowest BCUT2D eigenvalue weighted by Gasteiger charge is -2.02. The van der Waals surface area contributed by atoms with Crippen LogP contribution in [0.1, 0.15) is 27.2 Å². The fourth-order valence-electron chi connectivity index (χ4n) is 3.08. The Balaban J connectivity index is 1.55. The van der Waals surface area contributed by atoms with Crippen molar-refractivity contribution < 1.29 is 19.1 Å². The lowest BCUT2D eigenvalue weighted by molar-refractivity contribution is -0.115. The number of thioether (sulfide) groups is 1. The molecular formula is C23H17ClN2O4S. The predicted molar refractivity (Wildman–Crippen MR) is 123 cm³/mol. The number of carboxylic acid groups (broad SMARTS) is 1. The molecule has 6 nitrogen and oxygen atoms in total. The molecule has 1 aliphatic rings. The van der Waals surface area contributed by atoms with Gasteiger partial charge in [-0.15, -0.1) is 0 Å². The average molecular weight is 453 g/mol. The van der Waals surface area contributed by atoms with Gasteiger partial charge < -0.3 is 14.8 Å². The van der Waals surface area contributed by atoms with E-state index in [4.69, 9.17) is 21.1 Å². The Morgan fingerprint density at radius 1 is 1.16 bits per heavy atom. The second kappa shape index (κ2) is 8.45. The van der Waals surface area contributed by atoms with Gasteiger partial charge in [0.2, 0.25) is 0 Å². The van der Waals surface area contributed by atoms with Crippen LogP contribution in [0.2, 0.25) is 5.02 Å². The lowest BCUT2D eigenvalue weighted by atomic mass is 10.1. The van der Waals surface area contributed by atoms with E-state index in [2.05, 4.69) is 10.3 Å². The summed E-state index contributed by atoms with van der Waals surface area (Å²) in [5.41, 5.74) is 3.64. The smallest absolute Gasteiger partial charge is 0.337 e. The minimum Gasteiger partial charge on any atom is -0.478 e. The fourth-order valence-corrected chi connectivity index (χ4v) is 4.15. The molecule has 1 aliphatic heterocycles. The third-order valence-electron chi connectivity index (χ3n) is 4.61. The number of hydrogen-bond donors (Lipinski definition) is 2. The fraction of sp³-hybridized carbons (Fsp3) is 0.0870. The molecule has 0 bridgehead atoms. The maximum absolute atomic E-state index is 12.3. The van der Waals surface area contributed by atoms with E-state index in [1.165, 1.54) is 23.9 Å². The Morgan fingerprint density at radius 2 is 1.97 bits per heavy atom. The summed E-state index contributed by atoms with van der Waals surface area (Å²) in [4.78, 5) is 28.5. The second-order valence-electron chi connectivity index (χ2n) is 6.97. The minimum absolute atomic E-state index is 0.0222. The van der Waals surface area contributed by atoms with E-state index in [-0.39, 0.29) is 16.5 Å². The van der Waals surface area contributed by atoms with Crippen molar-refractivity contribution >= 4 is 52.2 Å². The molecule has 2 aromatic carbocycles. The number of aryl methyl sites for hydroxylation is 2. The van der Waals surface area contributed by atoms with Gasteiger partial charge in [0.1, 0.15) is 11.5 Å². The first-order valence-corrected chi connectivity index (χ1v) is 10.5. The summed E-state index contributed by atoms with van der Waals surface area (Å²) in [6.07, 6.45) is 1.64. The monoisotopic (exact) mass is 452 g/mol. The van der Waals surface area contributed by atoms with Crippen LogP contribution in [0, 0.1) is 13.8 Å².